The molecule has 3 N–H and O–H groups in total. The highest BCUT2D eigenvalue weighted by Gasteiger charge is 2.09. The highest BCUT2D eigenvalue weighted by atomic mass is 32.1. The van der Waals surface area contributed by atoms with Crippen molar-refractivity contribution in [3.05, 3.63) is 45.9 Å². The maximum Gasteiger partial charge on any atom is 0.253 e. The van der Waals surface area contributed by atoms with E-state index in [0.717, 1.165) is 5.56 Å². The molecule has 88 valence electrons. The number of carbonyl (C=O) groups is 1. The first-order valence-electron chi connectivity index (χ1n) is 5.18. The summed E-state index contributed by atoms with van der Waals surface area (Å²) in [5.41, 5.74) is 8.87. The Kier molecular flexibility index (Phi) is 3.39. The molecule has 0 bridgehead atoms. The summed E-state index contributed by atoms with van der Waals surface area (Å²) in [7, 11) is 0. The summed E-state index contributed by atoms with van der Waals surface area (Å²) in [6.45, 7) is 2.55. The second-order valence-corrected chi connectivity index (χ2v) is 4.47. The summed E-state index contributed by atoms with van der Waals surface area (Å²) in [4.78, 5) is 15.7. The van der Waals surface area contributed by atoms with Crippen LogP contribution in [0.1, 0.15) is 21.5 Å². The van der Waals surface area contributed by atoms with Crippen LogP contribution in [0.5, 0.6) is 0 Å². The van der Waals surface area contributed by atoms with Gasteiger partial charge < -0.3 is 11.1 Å². The van der Waals surface area contributed by atoms with Gasteiger partial charge >= 0.3 is 0 Å². The molecule has 17 heavy (non-hydrogen) atoms. The number of nitrogens with two attached hydrogens (primary N) is 1. The smallest absolute Gasteiger partial charge is 0.253 e. The number of nitrogens with one attached hydrogen (secondary N) is 1. The van der Waals surface area contributed by atoms with Crippen molar-refractivity contribution in [1.82, 2.24) is 10.3 Å². The zero-order valence-electron chi connectivity index (χ0n) is 9.43. The third-order valence-corrected chi connectivity index (χ3v) is 3.41. The summed E-state index contributed by atoms with van der Waals surface area (Å²) in [6, 6.07) is 1.62. The molecular weight excluding hydrogens is 234 g/mol. The fourth-order valence-electron chi connectivity index (χ4n) is 1.45. The number of hydrogen-bond acceptors (Lipinski definition) is 4. The molecule has 0 saturated carbocycles. The van der Waals surface area contributed by atoms with Crippen LogP contribution in [0, 0.1) is 6.92 Å². The number of carbonyl (C=O) groups excluding carboxylic acids is 1. The van der Waals surface area contributed by atoms with E-state index in [2.05, 4.69) is 15.7 Å². The molecule has 0 aromatic carbocycles. The van der Waals surface area contributed by atoms with Crippen molar-refractivity contribution >= 4 is 22.9 Å². The van der Waals surface area contributed by atoms with Gasteiger partial charge in [0.1, 0.15) is 0 Å². The van der Waals surface area contributed by atoms with Crippen LogP contribution < -0.4 is 11.1 Å². The third kappa shape index (κ3) is 2.62. The molecule has 0 aliphatic rings. The van der Waals surface area contributed by atoms with E-state index in [9.17, 15) is 4.79 Å². The van der Waals surface area contributed by atoms with E-state index < -0.39 is 0 Å². The van der Waals surface area contributed by atoms with E-state index in [1.165, 1.54) is 11.8 Å². The van der Waals surface area contributed by atoms with Crippen molar-refractivity contribution in [2.45, 2.75) is 13.5 Å². The van der Waals surface area contributed by atoms with Crippen LogP contribution in [0.25, 0.3) is 0 Å². The Morgan fingerprint density at radius 2 is 2.35 bits per heavy atom. The molecule has 0 saturated heterocycles. The molecule has 0 fully saturated rings. The van der Waals surface area contributed by atoms with Gasteiger partial charge in [-0.15, -0.1) is 0 Å². The fraction of sp³-hybridized carbons (Fsp3) is 0.167. The summed E-state index contributed by atoms with van der Waals surface area (Å²) in [6.07, 6.45) is 3.03. The largest absolute Gasteiger partial charge is 0.397 e. The molecule has 0 aliphatic carbocycles. The molecule has 5 heteroatoms. The molecule has 0 unspecified atom stereocenters. The molecule has 0 aliphatic heterocycles. The fourth-order valence-corrected chi connectivity index (χ4v) is 2.31. The monoisotopic (exact) mass is 247 g/mol. The molecule has 2 rings (SSSR count). The lowest BCUT2D eigenvalue weighted by molar-refractivity contribution is 0.0951. The number of nitrogen functional groups attached to an aromatic ring is 1. The summed E-state index contributed by atoms with van der Waals surface area (Å²) < 4.78 is 0. The summed E-state index contributed by atoms with van der Waals surface area (Å²) in [5.74, 6) is -0.171. The molecule has 2 aromatic heterocycles. The van der Waals surface area contributed by atoms with Gasteiger partial charge in [0.2, 0.25) is 0 Å². The number of hydrogen-bond donors (Lipinski definition) is 2. The van der Waals surface area contributed by atoms with Gasteiger partial charge in [0.25, 0.3) is 5.91 Å². The van der Waals surface area contributed by atoms with Crippen LogP contribution in [0.4, 0.5) is 5.69 Å². The van der Waals surface area contributed by atoms with Gasteiger partial charge in [-0.05, 0) is 34.9 Å². The van der Waals surface area contributed by atoms with Crippen molar-refractivity contribution in [2.24, 2.45) is 0 Å². The van der Waals surface area contributed by atoms with Gasteiger partial charge in [-0.3, -0.25) is 9.78 Å². The Labute approximate surface area is 103 Å². The van der Waals surface area contributed by atoms with E-state index in [1.807, 2.05) is 12.3 Å². The van der Waals surface area contributed by atoms with Gasteiger partial charge in [0.05, 0.1) is 17.4 Å². The molecule has 4 nitrogen and oxygen atoms in total. The SMILES string of the molecule is Cc1cscc1CNC(=O)c1ccncc1N. The van der Waals surface area contributed by atoms with Gasteiger partial charge in [-0.25, -0.2) is 0 Å². The zero-order chi connectivity index (χ0) is 12.3. The molecule has 0 atom stereocenters. The molecule has 2 aromatic rings. The Hall–Kier alpha value is -1.88. The molecule has 2 heterocycles. The van der Waals surface area contributed by atoms with Crippen molar-refractivity contribution in [2.75, 3.05) is 5.73 Å². The molecule has 1 amide bonds. The van der Waals surface area contributed by atoms with Crippen LogP contribution in [0.2, 0.25) is 0 Å². The number of amides is 1. The zero-order valence-corrected chi connectivity index (χ0v) is 10.3. The third-order valence-electron chi connectivity index (χ3n) is 2.50. The predicted octanol–water partition coefficient (Wildman–Crippen LogP) is 1.96. The summed E-state index contributed by atoms with van der Waals surface area (Å²) >= 11 is 1.63. The number of aryl methyl sites for hydroxylation is 1. The van der Waals surface area contributed by atoms with Crippen LogP contribution >= 0.6 is 11.3 Å². The van der Waals surface area contributed by atoms with Crippen molar-refractivity contribution < 1.29 is 4.79 Å². The highest BCUT2D eigenvalue weighted by Crippen LogP contribution is 2.14. The van der Waals surface area contributed by atoms with Gasteiger partial charge in [0.15, 0.2) is 0 Å². The second kappa shape index (κ2) is 4.97. The number of anilines is 1. The lowest BCUT2D eigenvalue weighted by Crippen LogP contribution is -2.23. The highest BCUT2D eigenvalue weighted by molar-refractivity contribution is 7.08. The first-order chi connectivity index (χ1) is 8.18. The number of pyridine rings is 1. The van der Waals surface area contributed by atoms with Gasteiger partial charge in [0, 0.05) is 12.7 Å². The van der Waals surface area contributed by atoms with Crippen molar-refractivity contribution in [3.8, 4) is 0 Å². The summed E-state index contributed by atoms with van der Waals surface area (Å²) in [5, 5.41) is 6.93. The topological polar surface area (TPSA) is 68.0 Å². The maximum atomic E-state index is 11.9. The van der Waals surface area contributed by atoms with E-state index in [1.54, 1.807) is 23.6 Å². The Morgan fingerprint density at radius 3 is 3.00 bits per heavy atom. The minimum absolute atomic E-state index is 0.171. The van der Waals surface area contributed by atoms with Crippen molar-refractivity contribution in [3.63, 3.8) is 0 Å². The van der Waals surface area contributed by atoms with E-state index in [-0.39, 0.29) is 5.91 Å². The number of nitrogens with zero attached hydrogens (tertiary/aromatic N) is 1. The Balaban J connectivity index is 2.04. The average Bonchev–Trinajstić information content (AvgIpc) is 2.72. The maximum absolute atomic E-state index is 11.9. The quantitative estimate of drug-likeness (QED) is 0.871. The lowest BCUT2D eigenvalue weighted by Gasteiger charge is -2.06. The normalized spacial score (nSPS) is 10.2. The Bertz CT molecular complexity index is 536. The minimum Gasteiger partial charge on any atom is -0.397 e. The molecular formula is C12H13N3OS. The first-order valence-corrected chi connectivity index (χ1v) is 6.12. The van der Waals surface area contributed by atoms with Crippen LogP contribution in [-0.4, -0.2) is 10.9 Å². The van der Waals surface area contributed by atoms with E-state index >= 15 is 0 Å². The molecule has 0 spiro atoms. The first kappa shape index (κ1) is 11.6. The number of rotatable bonds is 3. The van der Waals surface area contributed by atoms with Crippen LogP contribution in [0.15, 0.2) is 29.2 Å². The number of aromatic nitrogens is 1. The van der Waals surface area contributed by atoms with Gasteiger partial charge in [-0.2, -0.15) is 11.3 Å². The predicted molar refractivity (Wildman–Crippen MR) is 68.9 cm³/mol. The van der Waals surface area contributed by atoms with Crippen LogP contribution in [-0.2, 0) is 6.54 Å². The van der Waals surface area contributed by atoms with Crippen molar-refractivity contribution in [1.29, 1.82) is 0 Å². The van der Waals surface area contributed by atoms with E-state index in [4.69, 9.17) is 5.73 Å². The molecule has 0 radical (unpaired) electrons. The lowest BCUT2D eigenvalue weighted by atomic mass is 10.2. The van der Waals surface area contributed by atoms with Crippen LogP contribution in [0.3, 0.4) is 0 Å². The average molecular weight is 247 g/mol. The second-order valence-electron chi connectivity index (χ2n) is 3.73. The number of thiophene rings is 1. The Morgan fingerprint density at radius 1 is 1.53 bits per heavy atom. The minimum atomic E-state index is -0.171. The van der Waals surface area contributed by atoms with Gasteiger partial charge in [-0.1, -0.05) is 0 Å². The standard InChI is InChI=1S/C12H13N3OS/c1-8-6-17-7-9(8)4-15-12(16)10-2-3-14-5-11(10)13/h2-3,5-7H,4,13H2,1H3,(H,15,16). The van der Waals surface area contributed by atoms with E-state index in [0.29, 0.717) is 17.8 Å².